The van der Waals surface area contributed by atoms with E-state index in [0.29, 0.717) is 17.7 Å². The van der Waals surface area contributed by atoms with Crippen LogP contribution in [0, 0.1) is 23.2 Å². The third-order valence-electron chi connectivity index (χ3n) is 4.62. The number of fused-ring (bicyclic) bond motifs is 1. The molecule has 2 heterocycles. The average Bonchev–Trinajstić information content (AvgIpc) is 2.83. The van der Waals surface area contributed by atoms with Gasteiger partial charge in [0.25, 0.3) is 0 Å². The molecule has 100 valence electrons. The SMILES string of the molecule is N#Cc1ncccc1CN1CC2CCCC(N)C2C1. The predicted molar refractivity (Wildman–Crippen MR) is 73.0 cm³/mol. The van der Waals surface area contributed by atoms with Gasteiger partial charge in [-0.2, -0.15) is 5.26 Å². The Morgan fingerprint density at radius 3 is 3.11 bits per heavy atom. The highest BCUT2D eigenvalue weighted by atomic mass is 15.2. The van der Waals surface area contributed by atoms with Gasteiger partial charge in [-0.05, 0) is 30.7 Å². The van der Waals surface area contributed by atoms with Gasteiger partial charge >= 0.3 is 0 Å². The van der Waals surface area contributed by atoms with E-state index < -0.39 is 0 Å². The highest BCUT2D eigenvalue weighted by Crippen LogP contribution is 2.36. The normalized spacial score (nSPS) is 30.8. The van der Waals surface area contributed by atoms with Gasteiger partial charge in [-0.1, -0.05) is 12.5 Å². The van der Waals surface area contributed by atoms with E-state index in [9.17, 15) is 0 Å². The second-order valence-corrected chi connectivity index (χ2v) is 5.84. The van der Waals surface area contributed by atoms with Crippen molar-refractivity contribution in [3.05, 3.63) is 29.6 Å². The monoisotopic (exact) mass is 256 g/mol. The van der Waals surface area contributed by atoms with Crippen molar-refractivity contribution < 1.29 is 0 Å². The summed E-state index contributed by atoms with van der Waals surface area (Å²) in [5.74, 6) is 1.40. The van der Waals surface area contributed by atoms with Gasteiger partial charge in [0, 0.05) is 37.4 Å². The summed E-state index contributed by atoms with van der Waals surface area (Å²) in [4.78, 5) is 6.58. The average molecular weight is 256 g/mol. The molecule has 1 saturated heterocycles. The van der Waals surface area contributed by atoms with E-state index in [0.717, 1.165) is 31.1 Å². The molecule has 3 atom stereocenters. The van der Waals surface area contributed by atoms with E-state index in [1.807, 2.05) is 12.1 Å². The minimum Gasteiger partial charge on any atom is -0.327 e. The molecule has 3 unspecified atom stereocenters. The molecule has 2 aliphatic rings. The number of aromatic nitrogens is 1. The Morgan fingerprint density at radius 2 is 2.32 bits per heavy atom. The van der Waals surface area contributed by atoms with Crippen LogP contribution >= 0.6 is 0 Å². The van der Waals surface area contributed by atoms with Crippen molar-refractivity contribution in [2.45, 2.75) is 31.8 Å². The molecule has 0 amide bonds. The lowest BCUT2D eigenvalue weighted by Crippen LogP contribution is -2.38. The number of hydrogen-bond donors (Lipinski definition) is 1. The van der Waals surface area contributed by atoms with E-state index in [1.165, 1.54) is 19.3 Å². The highest BCUT2D eigenvalue weighted by molar-refractivity contribution is 5.30. The predicted octanol–water partition coefficient (Wildman–Crippen LogP) is 1.51. The Bertz CT molecular complexity index is 493. The Labute approximate surface area is 114 Å². The molecule has 19 heavy (non-hydrogen) atoms. The number of hydrogen-bond acceptors (Lipinski definition) is 4. The van der Waals surface area contributed by atoms with Crippen LogP contribution in [-0.4, -0.2) is 29.0 Å². The molecular formula is C15H20N4. The lowest BCUT2D eigenvalue weighted by Gasteiger charge is -2.29. The van der Waals surface area contributed by atoms with Gasteiger partial charge in [0.1, 0.15) is 11.8 Å². The van der Waals surface area contributed by atoms with Gasteiger partial charge in [-0.3, -0.25) is 4.90 Å². The van der Waals surface area contributed by atoms with Crippen molar-refractivity contribution in [2.75, 3.05) is 13.1 Å². The van der Waals surface area contributed by atoms with Crippen molar-refractivity contribution in [3.63, 3.8) is 0 Å². The second-order valence-electron chi connectivity index (χ2n) is 5.84. The summed E-state index contributed by atoms with van der Waals surface area (Å²) >= 11 is 0. The summed E-state index contributed by atoms with van der Waals surface area (Å²) in [5.41, 5.74) is 7.84. The number of nitrogens with zero attached hydrogens (tertiary/aromatic N) is 3. The van der Waals surface area contributed by atoms with E-state index in [-0.39, 0.29) is 0 Å². The largest absolute Gasteiger partial charge is 0.327 e. The maximum absolute atomic E-state index is 9.09. The summed E-state index contributed by atoms with van der Waals surface area (Å²) in [6.07, 6.45) is 5.44. The van der Waals surface area contributed by atoms with Crippen molar-refractivity contribution in [2.24, 2.45) is 17.6 Å². The van der Waals surface area contributed by atoms with Crippen LogP contribution in [0.25, 0.3) is 0 Å². The zero-order valence-corrected chi connectivity index (χ0v) is 11.1. The van der Waals surface area contributed by atoms with E-state index in [4.69, 9.17) is 11.0 Å². The van der Waals surface area contributed by atoms with Gasteiger partial charge in [0.05, 0.1) is 0 Å². The molecule has 1 aromatic rings. The van der Waals surface area contributed by atoms with Gasteiger partial charge in [0.2, 0.25) is 0 Å². The second kappa shape index (κ2) is 5.28. The molecule has 2 fully saturated rings. The van der Waals surface area contributed by atoms with Crippen molar-refractivity contribution in [3.8, 4) is 6.07 Å². The van der Waals surface area contributed by atoms with Crippen LogP contribution in [0.1, 0.15) is 30.5 Å². The van der Waals surface area contributed by atoms with Crippen LogP contribution in [0.4, 0.5) is 0 Å². The Balaban J connectivity index is 1.70. The van der Waals surface area contributed by atoms with Crippen LogP contribution < -0.4 is 5.73 Å². The number of likely N-dealkylation sites (tertiary alicyclic amines) is 1. The van der Waals surface area contributed by atoms with Gasteiger partial charge in [-0.25, -0.2) is 4.98 Å². The fourth-order valence-electron chi connectivity index (χ4n) is 3.65. The van der Waals surface area contributed by atoms with Crippen molar-refractivity contribution >= 4 is 0 Å². The maximum atomic E-state index is 9.09. The number of rotatable bonds is 2. The van der Waals surface area contributed by atoms with Crippen LogP contribution in [-0.2, 0) is 6.54 Å². The van der Waals surface area contributed by atoms with Gasteiger partial charge < -0.3 is 5.73 Å². The first-order valence-corrected chi connectivity index (χ1v) is 7.10. The molecule has 1 aromatic heterocycles. The first kappa shape index (κ1) is 12.6. The van der Waals surface area contributed by atoms with Gasteiger partial charge in [-0.15, -0.1) is 0 Å². The zero-order chi connectivity index (χ0) is 13.2. The summed E-state index contributed by atoms with van der Waals surface area (Å²) < 4.78 is 0. The molecule has 0 bridgehead atoms. The number of pyridine rings is 1. The Hall–Kier alpha value is -1.44. The molecule has 2 N–H and O–H groups in total. The lowest BCUT2D eigenvalue weighted by atomic mass is 9.78. The fourth-order valence-corrected chi connectivity index (χ4v) is 3.65. The Kier molecular flexibility index (Phi) is 3.50. The molecule has 1 aliphatic carbocycles. The van der Waals surface area contributed by atoms with E-state index >= 15 is 0 Å². The first-order chi connectivity index (χ1) is 9.28. The smallest absolute Gasteiger partial charge is 0.144 e. The highest BCUT2D eigenvalue weighted by Gasteiger charge is 2.38. The quantitative estimate of drug-likeness (QED) is 0.871. The van der Waals surface area contributed by atoms with E-state index in [2.05, 4.69) is 16.0 Å². The molecule has 0 aromatic carbocycles. The molecule has 4 heteroatoms. The van der Waals surface area contributed by atoms with Crippen LogP contribution in [0.5, 0.6) is 0 Å². The molecular weight excluding hydrogens is 236 g/mol. The number of nitrogens with two attached hydrogens (primary N) is 1. The van der Waals surface area contributed by atoms with Crippen LogP contribution in [0.2, 0.25) is 0 Å². The fraction of sp³-hybridized carbons (Fsp3) is 0.600. The molecule has 4 nitrogen and oxygen atoms in total. The third kappa shape index (κ3) is 2.49. The maximum Gasteiger partial charge on any atom is 0.144 e. The minimum absolute atomic E-state index is 0.369. The third-order valence-corrected chi connectivity index (χ3v) is 4.62. The van der Waals surface area contributed by atoms with Crippen LogP contribution in [0.3, 0.4) is 0 Å². The zero-order valence-electron chi connectivity index (χ0n) is 11.1. The number of nitriles is 1. The van der Waals surface area contributed by atoms with Crippen molar-refractivity contribution in [1.82, 2.24) is 9.88 Å². The molecule has 3 rings (SSSR count). The Morgan fingerprint density at radius 1 is 1.42 bits per heavy atom. The minimum atomic E-state index is 0.369. The molecule has 0 radical (unpaired) electrons. The van der Waals surface area contributed by atoms with Crippen LogP contribution in [0.15, 0.2) is 18.3 Å². The molecule has 1 saturated carbocycles. The molecule has 0 spiro atoms. The van der Waals surface area contributed by atoms with Crippen molar-refractivity contribution in [1.29, 1.82) is 5.26 Å². The molecule has 1 aliphatic heterocycles. The first-order valence-electron chi connectivity index (χ1n) is 7.10. The van der Waals surface area contributed by atoms with E-state index in [1.54, 1.807) is 6.20 Å². The summed E-state index contributed by atoms with van der Waals surface area (Å²) in [5, 5.41) is 9.09. The lowest BCUT2D eigenvalue weighted by molar-refractivity contribution is 0.259. The topological polar surface area (TPSA) is 65.9 Å². The summed E-state index contributed by atoms with van der Waals surface area (Å²) in [6.45, 7) is 3.03. The van der Waals surface area contributed by atoms with Gasteiger partial charge in [0.15, 0.2) is 0 Å². The summed E-state index contributed by atoms with van der Waals surface area (Å²) in [7, 11) is 0. The standard InChI is InChI=1S/C15H20N4/c16-7-15-12(4-2-6-18-15)9-19-8-11-3-1-5-14(17)13(11)10-19/h2,4,6,11,13-14H,1,3,5,8-10,17H2. The summed E-state index contributed by atoms with van der Waals surface area (Å²) in [6, 6.07) is 6.46.